The Morgan fingerprint density at radius 1 is 1.16 bits per heavy atom. The summed E-state index contributed by atoms with van der Waals surface area (Å²) < 4.78 is 5.54. The molecule has 0 atom stereocenters. The van der Waals surface area contributed by atoms with Crippen molar-refractivity contribution in [1.29, 1.82) is 0 Å². The van der Waals surface area contributed by atoms with Crippen LogP contribution in [0.4, 0.5) is 0 Å². The smallest absolute Gasteiger partial charge is 0.134 e. The predicted molar refractivity (Wildman–Crippen MR) is 74.6 cm³/mol. The molecule has 0 saturated heterocycles. The number of benzene rings is 1. The van der Waals surface area contributed by atoms with Crippen LogP contribution >= 0.6 is 0 Å². The zero-order valence-electron chi connectivity index (χ0n) is 10.5. The molecule has 0 bridgehead atoms. The van der Waals surface area contributed by atoms with Crippen LogP contribution in [-0.4, -0.2) is 16.5 Å². The van der Waals surface area contributed by atoms with Gasteiger partial charge in [0.15, 0.2) is 0 Å². The van der Waals surface area contributed by atoms with E-state index in [4.69, 9.17) is 10.2 Å². The number of hydrogen-bond acceptors (Lipinski definition) is 4. The first kappa shape index (κ1) is 11.9. The molecular formula is C15H15N3O. The van der Waals surface area contributed by atoms with Crippen molar-refractivity contribution in [2.75, 3.05) is 6.54 Å². The highest BCUT2D eigenvalue weighted by Crippen LogP contribution is 2.28. The van der Waals surface area contributed by atoms with E-state index in [2.05, 4.69) is 9.97 Å². The largest absolute Gasteiger partial charge is 0.464 e. The van der Waals surface area contributed by atoms with Gasteiger partial charge >= 0.3 is 0 Å². The fourth-order valence-corrected chi connectivity index (χ4v) is 2.11. The van der Waals surface area contributed by atoms with Gasteiger partial charge in [-0.15, -0.1) is 0 Å². The van der Waals surface area contributed by atoms with Crippen molar-refractivity contribution in [3.05, 3.63) is 48.6 Å². The average molecular weight is 253 g/mol. The van der Waals surface area contributed by atoms with Crippen LogP contribution in [0.5, 0.6) is 0 Å². The topological polar surface area (TPSA) is 64.9 Å². The van der Waals surface area contributed by atoms with Gasteiger partial charge < -0.3 is 10.2 Å². The second-order valence-electron chi connectivity index (χ2n) is 4.40. The van der Waals surface area contributed by atoms with Gasteiger partial charge in [-0.2, -0.15) is 0 Å². The normalized spacial score (nSPS) is 11.0. The highest BCUT2D eigenvalue weighted by Gasteiger charge is 2.09. The summed E-state index contributed by atoms with van der Waals surface area (Å²) in [6, 6.07) is 9.86. The second kappa shape index (κ2) is 5.20. The Morgan fingerprint density at radius 3 is 2.95 bits per heavy atom. The van der Waals surface area contributed by atoms with Gasteiger partial charge in [0.25, 0.3) is 0 Å². The SMILES string of the molecule is NCCCc1nccc(-c2coc3ccccc23)n1. The van der Waals surface area contributed by atoms with Crippen molar-refractivity contribution >= 4 is 11.0 Å². The minimum Gasteiger partial charge on any atom is -0.464 e. The third-order valence-corrected chi connectivity index (χ3v) is 3.07. The van der Waals surface area contributed by atoms with E-state index < -0.39 is 0 Å². The molecule has 96 valence electrons. The zero-order chi connectivity index (χ0) is 13.1. The summed E-state index contributed by atoms with van der Waals surface area (Å²) in [5.74, 6) is 0.827. The Labute approximate surface area is 111 Å². The number of nitrogens with two attached hydrogens (primary N) is 1. The number of para-hydroxylation sites is 1. The van der Waals surface area contributed by atoms with Crippen LogP contribution in [0.3, 0.4) is 0 Å². The van der Waals surface area contributed by atoms with E-state index in [-0.39, 0.29) is 0 Å². The lowest BCUT2D eigenvalue weighted by molar-refractivity contribution is 0.616. The lowest BCUT2D eigenvalue weighted by Crippen LogP contribution is -2.03. The molecule has 0 spiro atoms. The first-order valence-electron chi connectivity index (χ1n) is 6.37. The molecule has 3 rings (SSSR count). The molecule has 2 aromatic heterocycles. The standard InChI is InChI=1S/C15H15N3O/c16-8-3-6-15-17-9-7-13(18-15)12-10-19-14-5-2-1-4-11(12)14/h1-2,4-5,7,9-10H,3,6,8,16H2. The van der Waals surface area contributed by atoms with Crippen LogP contribution < -0.4 is 5.73 Å². The monoisotopic (exact) mass is 253 g/mol. The number of aromatic nitrogens is 2. The molecular weight excluding hydrogens is 238 g/mol. The summed E-state index contributed by atoms with van der Waals surface area (Å²) in [6.45, 7) is 0.655. The average Bonchev–Trinajstić information content (AvgIpc) is 2.89. The van der Waals surface area contributed by atoms with Gasteiger partial charge in [0.1, 0.15) is 17.7 Å². The summed E-state index contributed by atoms with van der Waals surface area (Å²) >= 11 is 0. The third-order valence-electron chi connectivity index (χ3n) is 3.07. The minimum atomic E-state index is 0.655. The Balaban J connectivity index is 2.01. The molecule has 4 heteroatoms. The summed E-state index contributed by atoms with van der Waals surface area (Å²) in [5, 5.41) is 1.07. The molecule has 3 aromatic rings. The number of furan rings is 1. The molecule has 19 heavy (non-hydrogen) atoms. The Morgan fingerprint density at radius 2 is 2.05 bits per heavy atom. The summed E-state index contributed by atoms with van der Waals surface area (Å²) in [6.07, 6.45) is 5.24. The summed E-state index contributed by atoms with van der Waals surface area (Å²) in [5.41, 5.74) is 8.29. The third kappa shape index (κ3) is 2.35. The molecule has 0 fully saturated rings. The quantitative estimate of drug-likeness (QED) is 0.776. The molecule has 0 radical (unpaired) electrons. The molecule has 2 heterocycles. The van der Waals surface area contributed by atoms with Gasteiger partial charge in [-0.05, 0) is 25.1 Å². The molecule has 0 amide bonds. The van der Waals surface area contributed by atoms with E-state index >= 15 is 0 Å². The maximum absolute atomic E-state index is 5.54. The first-order valence-corrected chi connectivity index (χ1v) is 6.37. The van der Waals surface area contributed by atoms with E-state index in [1.54, 1.807) is 12.5 Å². The second-order valence-corrected chi connectivity index (χ2v) is 4.40. The Hall–Kier alpha value is -2.20. The van der Waals surface area contributed by atoms with Crippen molar-refractivity contribution in [2.45, 2.75) is 12.8 Å². The number of aryl methyl sites for hydroxylation is 1. The predicted octanol–water partition coefficient (Wildman–Crippen LogP) is 2.78. The van der Waals surface area contributed by atoms with E-state index in [0.717, 1.165) is 40.9 Å². The molecule has 0 unspecified atom stereocenters. The highest BCUT2D eigenvalue weighted by atomic mass is 16.3. The van der Waals surface area contributed by atoms with Crippen LogP contribution in [0.15, 0.2) is 47.2 Å². The lowest BCUT2D eigenvalue weighted by atomic mass is 10.1. The fourth-order valence-electron chi connectivity index (χ4n) is 2.11. The van der Waals surface area contributed by atoms with Crippen molar-refractivity contribution < 1.29 is 4.42 Å². The Bertz CT molecular complexity index is 690. The Kier molecular flexibility index (Phi) is 3.25. The highest BCUT2D eigenvalue weighted by molar-refractivity contribution is 5.92. The van der Waals surface area contributed by atoms with Gasteiger partial charge in [0.05, 0.1) is 5.69 Å². The lowest BCUT2D eigenvalue weighted by Gasteiger charge is -2.01. The number of rotatable bonds is 4. The van der Waals surface area contributed by atoms with Crippen molar-refractivity contribution in [1.82, 2.24) is 9.97 Å². The van der Waals surface area contributed by atoms with E-state index in [0.29, 0.717) is 6.54 Å². The van der Waals surface area contributed by atoms with E-state index in [9.17, 15) is 0 Å². The minimum absolute atomic E-state index is 0.655. The zero-order valence-corrected chi connectivity index (χ0v) is 10.5. The number of hydrogen-bond donors (Lipinski definition) is 1. The summed E-state index contributed by atoms with van der Waals surface area (Å²) in [7, 11) is 0. The van der Waals surface area contributed by atoms with Gasteiger partial charge in [0.2, 0.25) is 0 Å². The van der Waals surface area contributed by atoms with Crippen LogP contribution in [-0.2, 0) is 6.42 Å². The van der Waals surface area contributed by atoms with E-state index in [1.807, 2.05) is 30.3 Å². The number of nitrogens with zero attached hydrogens (tertiary/aromatic N) is 2. The molecule has 4 nitrogen and oxygen atoms in total. The molecule has 0 aliphatic rings. The van der Waals surface area contributed by atoms with Gasteiger partial charge in [-0.3, -0.25) is 0 Å². The van der Waals surface area contributed by atoms with Gasteiger partial charge in [-0.25, -0.2) is 9.97 Å². The number of fused-ring (bicyclic) bond motifs is 1. The van der Waals surface area contributed by atoms with Gasteiger partial charge in [0, 0.05) is 23.6 Å². The van der Waals surface area contributed by atoms with Crippen LogP contribution in [0, 0.1) is 0 Å². The van der Waals surface area contributed by atoms with Crippen LogP contribution in [0.2, 0.25) is 0 Å². The van der Waals surface area contributed by atoms with E-state index in [1.165, 1.54) is 0 Å². The first-order chi connectivity index (χ1) is 9.38. The van der Waals surface area contributed by atoms with Gasteiger partial charge in [-0.1, -0.05) is 18.2 Å². The van der Waals surface area contributed by atoms with Crippen LogP contribution in [0.25, 0.3) is 22.2 Å². The molecule has 0 aliphatic carbocycles. The summed E-state index contributed by atoms with van der Waals surface area (Å²) in [4.78, 5) is 8.85. The molecule has 0 aliphatic heterocycles. The van der Waals surface area contributed by atoms with Crippen molar-refractivity contribution in [2.24, 2.45) is 5.73 Å². The molecule has 1 aromatic carbocycles. The van der Waals surface area contributed by atoms with Crippen LogP contribution in [0.1, 0.15) is 12.2 Å². The molecule has 0 saturated carbocycles. The fraction of sp³-hybridized carbons (Fsp3) is 0.200. The maximum Gasteiger partial charge on any atom is 0.134 e. The maximum atomic E-state index is 5.54. The van der Waals surface area contributed by atoms with Crippen molar-refractivity contribution in [3.8, 4) is 11.3 Å². The molecule has 2 N–H and O–H groups in total. The van der Waals surface area contributed by atoms with Crippen molar-refractivity contribution in [3.63, 3.8) is 0 Å².